The monoisotopic (exact) mass is 695 g/mol. The summed E-state index contributed by atoms with van der Waals surface area (Å²) in [6.07, 6.45) is 0.961. The molecule has 0 bridgehead atoms. The molecule has 4 rings (SSSR count). The van der Waals surface area contributed by atoms with Crippen LogP contribution < -0.4 is 9.62 Å². The molecule has 0 aliphatic rings. The van der Waals surface area contributed by atoms with E-state index in [0.29, 0.717) is 17.1 Å². The van der Waals surface area contributed by atoms with Crippen LogP contribution in [0, 0.1) is 0 Å². The van der Waals surface area contributed by atoms with Crippen LogP contribution in [0.5, 0.6) is 0 Å². The van der Waals surface area contributed by atoms with Crippen LogP contribution in [-0.2, 0) is 32.6 Å². The molecule has 0 spiro atoms. The predicted molar refractivity (Wildman–Crippen MR) is 179 cm³/mol. The summed E-state index contributed by atoms with van der Waals surface area (Å²) in [6, 6.07) is 30.2. The van der Waals surface area contributed by atoms with E-state index in [0.717, 1.165) is 19.9 Å². The zero-order valence-electron chi connectivity index (χ0n) is 24.6. The van der Waals surface area contributed by atoms with Crippen LogP contribution in [-0.4, -0.2) is 43.8 Å². The lowest BCUT2D eigenvalue weighted by Gasteiger charge is -2.34. The molecular weight excluding hydrogens is 662 g/mol. The first-order valence-electron chi connectivity index (χ1n) is 14.3. The van der Waals surface area contributed by atoms with Crippen LogP contribution in [0.3, 0.4) is 0 Å². The van der Waals surface area contributed by atoms with Crippen molar-refractivity contribution in [2.45, 2.75) is 50.2 Å². The minimum absolute atomic E-state index is 0.00700. The molecule has 0 aliphatic carbocycles. The lowest BCUT2D eigenvalue weighted by atomic mass is 10.0. The minimum Gasteiger partial charge on any atom is -0.352 e. The molecule has 2 atom stereocenters. The number of hydrogen-bond acceptors (Lipinski definition) is 4. The van der Waals surface area contributed by atoms with Gasteiger partial charge in [-0.05, 0) is 73.0 Å². The fraction of sp³-hybridized carbons (Fsp3) is 0.235. The lowest BCUT2D eigenvalue weighted by Crippen LogP contribution is -2.54. The average Bonchev–Trinajstić information content (AvgIpc) is 3.02. The van der Waals surface area contributed by atoms with Crippen LogP contribution in [0.25, 0.3) is 0 Å². The van der Waals surface area contributed by atoms with Gasteiger partial charge in [0.15, 0.2) is 0 Å². The third-order valence-corrected chi connectivity index (χ3v) is 9.77. The Balaban J connectivity index is 1.79. The quantitative estimate of drug-likeness (QED) is 0.166. The third kappa shape index (κ3) is 8.71. The van der Waals surface area contributed by atoms with Crippen LogP contribution in [0.4, 0.5) is 5.69 Å². The number of sulfonamides is 1. The topological polar surface area (TPSA) is 86.8 Å². The summed E-state index contributed by atoms with van der Waals surface area (Å²) in [5.74, 6) is -0.829. The normalized spacial score (nSPS) is 12.6. The average molecular weight is 697 g/mol. The Morgan fingerprint density at radius 2 is 1.48 bits per heavy atom. The highest BCUT2D eigenvalue weighted by Crippen LogP contribution is 2.26. The van der Waals surface area contributed by atoms with Crippen molar-refractivity contribution in [1.29, 1.82) is 0 Å². The van der Waals surface area contributed by atoms with Gasteiger partial charge in [-0.3, -0.25) is 13.9 Å². The number of carbonyl (C=O) groups excluding carboxylic acids is 2. The molecule has 0 unspecified atom stereocenters. The minimum atomic E-state index is -4.19. The number of hydrogen-bond donors (Lipinski definition) is 1. The smallest absolute Gasteiger partial charge is 0.264 e. The number of carbonyl (C=O) groups is 2. The summed E-state index contributed by atoms with van der Waals surface area (Å²) in [5, 5.41) is 3.43. The number of nitrogens with one attached hydrogen (secondary N) is 1. The maximum absolute atomic E-state index is 14.4. The number of anilines is 1. The number of benzene rings is 4. The van der Waals surface area contributed by atoms with Crippen molar-refractivity contribution in [3.05, 3.63) is 130 Å². The summed E-state index contributed by atoms with van der Waals surface area (Å²) < 4.78 is 29.9. The molecule has 10 heteroatoms. The Labute approximate surface area is 273 Å². The maximum atomic E-state index is 14.4. The van der Waals surface area contributed by atoms with E-state index in [9.17, 15) is 18.0 Å². The molecule has 4 aromatic rings. The van der Waals surface area contributed by atoms with E-state index in [-0.39, 0.29) is 29.8 Å². The van der Waals surface area contributed by atoms with Gasteiger partial charge in [0.05, 0.1) is 10.6 Å². The molecule has 0 saturated carbocycles. The fourth-order valence-corrected chi connectivity index (χ4v) is 6.67. The molecule has 0 saturated heterocycles. The lowest BCUT2D eigenvalue weighted by molar-refractivity contribution is -0.140. The maximum Gasteiger partial charge on any atom is 0.264 e. The van der Waals surface area contributed by atoms with Gasteiger partial charge in [-0.1, -0.05) is 95.1 Å². The highest BCUT2D eigenvalue weighted by atomic mass is 79.9. The molecule has 2 amide bonds. The second kappa shape index (κ2) is 15.4. The van der Waals surface area contributed by atoms with Crippen molar-refractivity contribution in [3.8, 4) is 0 Å². The van der Waals surface area contributed by atoms with Gasteiger partial charge in [0.1, 0.15) is 12.6 Å². The van der Waals surface area contributed by atoms with E-state index in [1.165, 1.54) is 29.2 Å². The highest BCUT2D eigenvalue weighted by molar-refractivity contribution is 9.10. The summed E-state index contributed by atoms with van der Waals surface area (Å²) in [5.41, 5.74) is 1.98. The molecular formula is C34H35BrClN3O4S. The molecule has 0 fully saturated rings. The van der Waals surface area contributed by atoms with E-state index < -0.39 is 28.5 Å². The molecule has 0 radical (unpaired) electrons. The van der Waals surface area contributed by atoms with Gasteiger partial charge in [-0.15, -0.1) is 0 Å². The molecule has 0 aromatic heterocycles. The number of rotatable bonds is 13. The standard InChI is InChI=1S/C34H35BrClN3O4S/c1-3-25(2)37-34(41)32(22-26-11-6-4-7-12-26)38(23-27-13-10-14-28(35)21-27)33(40)24-39(30-15-8-5-9-16-30)44(42,43)31-19-17-29(36)18-20-31/h4-21,25,32H,3,22-24H2,1-2H3,(H,37,41)/t25-,32-/m0/s1. The van der Waals surface area contributed by atoms with Crippen molar-refractivity contribution in [3.63, 3.8) is 0 Å². The second-order valence-corrected chi connectivity index (χ2v) is 13.7. The van der Waals surface area contributed by atoms with Gasteiger partial charge < -0.3 is 10.2 Å². The first kappa shape index (κ1) is 33.2. The summed E-state index contributed by atoms with van der Waals surface area (Å²) in [4.78, 5) is 29.8. The number of para-hydroxylation sites is 1. The van der Waals surface area contributed by atoms with Gasteiger partial charge in [-0.2, -0.15) is 0 Å². The Bertz CT molecular complexity index is 1660. The summed E-state index contributed by atoms with van der Waals surface area (Å²) in [7, 11) is -4.19. The van der Waals surface area contributed by atoms with Gasteiger partial charge in [0.25, 0.3) is 10.0 Å². The largest absolute Gasteiger partial charge is 0.352 e. The van der Waals surface area contributed by atoms with Crippen molar-refractivity contribution in [1.82, 2.24) is 10.2 Å². The predicted octanol–water partition coefficient (Wildman–Crippen LogP) is 6.85. The van der Waals surface area contributed by atoms with Crippen molar-refractivity contribution in [2.24, 2.45) is 0 Å². The number of nitrogens with zero attached hydrogens (tertiary/aromatic N) is 2. The second-order valence-electron chi connectivity index (χ2n) is 10.5. The van der Waals surface area contributed by atoms with E-state index in [4.69, 9.17) is 11.6 Å². The zero-order chi connectivity index (χ0) is 31.7. The third-order valence-electron chi connectivity index (χ3n) is 7.24. The molecule has 44 heavy (non-hydrogen) atoms. The molecule has 7 nitrogen and oxygen atoms in total. The first-order chi connectivity index (χ1) is 21.1. The van der Waals surface area contributed by atoms with Crippen LogP contribution in [0.1, 0.15) is 31.4 Å². The van der Waals surface area contributed by atoms with Crippen LogP contribution in [0.15, 0.2) is 119 Å². The van der Waals surface area contributed by atoms with Gasteiger partial charge in [0.2, 0.25) is 11.8 Å². The van der Waals surface area contributed by atoms with Gasteiger partial charge in [0, 0.05) is 28.5 Å². The zero-order valence-corrected chi connectivity index (χ0v) is 27.7. The molecule has 0 heterocycles. The summed E-state index contributed by atoms with van der Waals surface area (Å²) >= 11 is 9.54. The van der Waals surface area contributed by atoms with Crippen LogP contribution in [0.2, 0.25) is 5.02 Å². The van der Waals surface area contributed by atoms with E-state index in [1.54, 1.807) is 30.3 Å². The Morgan fingerprint density at radius 3 is 2.09 bits per heavy atom. The van der Waals surface area contributed by atoms with Gasteiger partial charge in [-0.25, -0.2) is 8.42 Å². The number of halogens is 2. The van der Waals surface area contributed by atoms with Crippen molar-refractivity contribution in [2.75, 3.05) is 10.8 Å². The molecule has 1 N–H and O–H groups in total. The van der Waals surface area contributed by atoms with E-state index in [2.05, 4.69) is 21.2 Å². The fourth-order valence-electron chi connectivity index (χ4n) is 4.68. The van der Waals surface area contributed by atoms with Crippen LogP contribution >= 0.6 is 27.5 Å². The number of amides is 2. The van der Waals surface area contributed by atoms with Crippen molar-refractivity contribution >= 4 is 55.1 Å². The molecule has 230 valence electrons. The Hall–Kier alpha value is -3.66. The highest BCUT2D eigenvalue weighted by Gasteiger charge is 2.35. The molecule has 0 aliphatic heterocycles. The Kier molecular flexibility index (Phi) is 11.6. The van der Waals surface area contributed by atoms with E-state index in [1.807, 2.05) is 68.4 Å². The molecule has 4 aromatic carbocycles. The Morgan fingerprint density at radius 1 is 0.864 bits per heavy atom. The SMILES string of the molecule is CC[C@H](C)NC(=O)[C@H](Cc1ccccc1)N(Cc1cccc(Br)c1)C(=O)CN(c1ccccc1)S(=O)(=O)c1ccc(Cl)cc1. The van der Waals surface area contributed by atoms with E-state index >= 15 is 0 Å². The first-order valence-corrected chi connectivity index (χ1v) is 16.9. The van der Waals surface area contributed by atoms with Crippen molar-refractivity contribution < 1.29 is 18.0 Å². The summed E-state index contributed by atoms with van der Waals surface area (Å²) in [6.45, 7) is 3.45. The van der Waals surface area contributed by atoms with Gasteiger partial charge >= 0.3 is 0 Å².